The minimum absolute atomic E-state index is 0.244. The molecule has 1 aromatic carbocycles. The number of ether oxygens (including phenoxy) is 2. The topological polar surface area (TPSA) is 172 Å². The summed E-state index contributed by atoms with van der Waals surface area (Å²) in [4.78, 5) is 32.1. The van der Waals surface area contributed by atoms with Gasteiger partial charge in [0.2, 0.25) is 0 Å². The molecule has 2 aliphatic rings. The highest BCUT2D eigenvalue weighted by atomic mass is 31.2. The number of nitrogens with one attached hydrogen (secondary N) is 1. The molecule has 2 aromatic heterocycles. The molecule has 13 heteroatoms. The molecule has 1 aliphatic carbocycles. The lowest BCUT2D eigenvalue weighted by molar-refractivity contribution is -0.0761. The number of aliphatic hydroxyl groups is 2. The quantitative estimate of drug-likeness (QED) is 0.303. The van der Waals surface area contributed by atoms with Crippen LogP contribution in [-0.2, 0) is 19.6 Å². The summed E-state index contributed by atoms with van der Waals surface area (Å²) in [5.74, 6) is -1.23. The number of aromatic nitrogens is 4. The predicted molar refractivity (Wildman–Crippen MR) is 115 cm³/mol. The van der Waals surface area contributed by atoms with Crippen molar-refractivity contribution in [2.45, 2.75) is 48.8 Å². The molecule has 1 aliphatic heterocycles. The summed E-state index contributed by atoms with van der Waals surface area (Å²) in [6.45, 7) is 0. The standard InChI is InChI=1S/C20H24N5O7P/c1-31-19(33(28,29)30)15-13(26)14(27)18(32-15)25-10-23-12-16(21-9-22-17(12)25)24-20(7-8-20)11-5-3-2-4-6-11/h2-6,9-10,13-15,18-19,26-27H,7-8H2,1H3,(H,21,22,24)(H2,28,29,30)/t13-,14+,15+,18+,19?/m0/s1. The second kappa shape index (κ2) is 8.10. The molecule has 0 bridgehead atoms. The Morgan fingerprint density at radius 1 is 1.18 bits per heavy atom. The maximum Gasteiger partial charge on any atom is 0.356 e. The van der Waals surface area contributed by atoms with Crippen LogP contribution in [0.5, 0.6) is 0 Å². The van der Waals surface area contributed by atoms with Gasteiger partial charge in [0.25, 0.3) is 0 Å². The number of methoxy groups -OCH3 is 1. The number of hydrogen-bond donors (Lipinski definition) is 5. The second-order valence-electron chi connectivity index (χ2n) is 8.31. The molecule has 3 aromatic rings. The van der Waals surface area contributed by atoms with E-state index in [0.717, 1.165) is 25.5 Å². The van der Waals surface area contributed by atoms with Crippen molar-refractivity contribution in [3.8, 4) is 0 Å². The fourth-order valence-electron chi connectivity index (χ4n) is 4.34. The van der Waals surface area contributed by atoms with E-state index in [4.69, 9.17) is 9.47 Å². The summed E-state index contributed by atoms with van der Waals surface area (Å²) in [7, 11) is -3.68. The maximum atomic E-state index is 11.8. The van der Waals surface area contributed by atoms with Crippen LogP contribution in [-0.4, -0.2) is 70.8 Å². The summed E-state index contributed by atoms with van der Waals surface area (Å²) in [6, 6.07) is 10.0. The van der Waals surface area contributed by atoms with Crippen LogP contribution < -0.4 is 5.32 Å². The van der Waals surface area contributed by atoms with Gasteiger partial charge in [-0.3, -0.25) is 9.13 Å². The van der Waals surface area contributed by atoms with Crippen LogP contribution in [0, 0.1) is 0 Å². The van der Waals surface area contributed by atoms with E-state index in [-0.39, 0.29) is 5.54 Å². The van der Waals surface area contributed by atoms with Crippen molar-refractivity contribution in [1.82, 2.24) is 19.5 Å². The minimum Gasteiger partial charge on any atom is -0.387 e. The van der Waals surface area contributed by atoms with Crippen molar-refractivity contribution < 1.29 is 34.0 Å². The van der Waals surface area contributed by atoms with Crippen LogP contribution in [0.15, 0.2) is 43.0 Å². The lowest BCUT2D eigenvalue weighted by Crippen LogP contribution is -2.39. The number of anilines is 1. The van der Waals surface area contributed by atoms with E-state index >= 15 is 0 Å². The Labute approximate surface area is 188 Å². The van der Waals surface area contributed by atoms with Crippen molar-refractivity contribution in [2.75, 3.05) is 12.4 Å². The van der Waals surface area contributed by atoms with Crippen LogP contribution in [0.3, 0.4) is 0 Å². The summed E-state index contributed by atoms with van der Waals surface area (Å²) >= 11 is 0. The van der Waals surface area contributed by atoms with Gasteiger partial charge in [-0.1, -0.05) is 30.3 Å². The Morgan fingerprint density at radius 3 is 2.55 bits per heavy atom. The molecule has 33 heavy (non-hydrogen) atoms. The Hall–Kier alpha value is -2.44. The Balaban J connectivity index is 1.46. The lowest BCUT2D eigenvalue weighted by atomic mass is 10.1. The van der Waals surface area contributed by atoms with Gasteiger partial charge in [0.15, 0.2) is 29.1 Å². The monoisotopic (exact) mass is 477 g/mol. The SMILES string of the molecule is COC([C@@H]1O[C@@H](n2cnc3c(NC4(c5ccccc5)CC4)ncnc32)[C@H](O)[C@@H]1O)P(=O)(O)O. The van der Waals surface area contributed by atoms with E-state index in [9.17, 15) is 24.6 Å². The first kappa shape index (κ1) is 22.4. The zero-order valence-corrected chi connectivity index (χ0v) is 18.5. The molecule has 5 N–H and O–H groups in total. The molecule has 5 rings (SSSR count). The normalized spacial score (nSPS) is 27.5. The Bertz CT molecular complexity index is 1200. The fraction of sp³-hybridized carbons (Fsp3) is 0.450. The zero-order chi connectivity index (χ0) is 23.4. The van der Waals surface area contributed by atoms with E-state index in [0.29, 0.717) is 17.0 Å². The highest BCUT2D eigenvalue weighted by molar-refractivity contribution is 7.52. The summed E-state index contributed by atoms with van der Waals surface area (Å²) < 4.78 is 23.7. The third kappa shape index (κ3) is 3.83. The summed E-state index contributed by atoms with van der Waals surface area (Å²) in [6.07, 6.45) is -1.14. The molecule has 0 radical (unpaired) electrons. The van der Waals surface area contributed by atoms with Gasteiger partial charge in [-0.25, -0.2) is 15.0 Å². The van der Waals surface area contributed by atoms with Crippen LogP contribution in [0.1, 0.15) is 24.6 Å². The molecule has 12 nitrogen and oxygen atoms in total. The average molecular weight is 477 g/mol. The first-order valence-corrected chi connectivity index (χ1v) is 12.0. The molecule has 176 valence electrons. The zero-order valence-electron chi connectivity index (χ0n) is 17.6. The number of fused-ring (bicyclic) bond motifs is 1. The number of benzene rings is 1. The maximum absolute atomic E-state index is 11.8. The second-order valence-corrected chi connectivity index (χ2v) is 9.99. The number of nitrogens with zero attached hydrogens (tertiary/aromatic N) is 4. The van der Waals surface area contributed by atoms with Gasteiger partial charge < -0.3 is 34.8 Å². The fourth-order valence-corrected chi connectivity index (χ4v) is 5.24. The molecule has 1 unspecified atom stereocenters. The number of hydrogen-bond acceptors (Lipinski definition) is 9. The van der Waals surface area contributed by atoms with Gasteiger partial charge in [-0.2, -0.15) is 0 Å². The highest BCUT2D eigenvalue weighted by Crippen LogP contribution is 2.49. The molecule has 5 atom stereocenters. The van der Waals surface area contributed by atoms with Crippen LogP contribution in [0.2, 0.25) is 0 Å². The van der Waals surface area contributed by atoms with Crippen molar-refractivity contribution >= 4 is 24.6 Å². The highest BCUT2D eigenvalue weighted by Gasteiger charge is 2.52. The van der Waals surface area contributed by atoms with E-state index in [2.05, 4.69) is 32.4 Å². The number of aliphatic hydroxyl groups excluding tert-OH is 2. The lowest BCUT2D eigenvalue weighted by Gasteiger charge is -2.24. The van der Waals surface area contributed by atoms with Gasteiger partial charge in [-0.15, -0.1) is 0 Å². The summed E-state index contributed by atoms with van der Waals surface area (Å²) in [5, 5.41) is 24.5. The average Bonchev–Trinajstić information content (AvgIpc) is 3.36. The van der Waals surface area contributed by atoms with Gasteiger partial charge in [-0.05, 0) is 18.4 Å². The first-order valence-electron chi connectivity index (χ1n) is 10.4. The van der Waals surface area contributed by atoms with E-state index in [1.165, 1.54) is 17.2 Å². The predicted octanol–water partition coefficient (Wildman–Crippen LogP) is 0.697. The van der Waals surface area contributed by atoms with Crippen LogP contribution in [0.4, 0.5) is 5.82 Å². The molecule has 0 spiro atoms. The Morgan fingerprint density at radius 2 is 1.91 bits per heavy atom. The minimum atomic E-state index is -4.77. The van der Waals surface area contributed by atoms with E-state index < -0.39 is 38.0 Å². The van der Waals surface area contributed by atoms with Crippen LogP contribution >= 0.6 is 7.60 Å². The molecule has 2 fully saturated rings. The van der Waals surface area contributed by atoms with Gasteiger partial charge in [0.05, 0.1) is 11.9 Å². The first-order chi connectivity index (χ1) is 15.7. The van der Waals surface area contributed by atoms with Gasteiger partial charge in [0.1, 0.15) is 24.6 Å². The molecule has 3 heterocycles. The van der Waals surface area contributed by atoms with Crippen molar-refractivity contribution in [3.63, 3.8) is 0 Å². The van der Waals surface area contributed by atoms with E-state index in [1.807, 2.05) is 18.2 Å². The van der Waals surface area contributed by atoms with Gasteiger partial charge in [0, 0.05) is 7.11 Å². The molecular formula is C20H24N5O7P. The third-order valence-electron chi connectivity index (χ3n) is 6.20. The Kier molecular flexibility index (Phi) is 5.49. The van der Waals surface area contributed by atoms with Crippen LogP contribution in [0.25, 0.3) is 11.2 Å². The summed E-state index contributed by atoms with van der Waals surface area (Å²) in [5.41, 5.74) is 1.66. The molecule has 0 amide bonds. The third-order valence-corrected chi connectivity index (χ3v) is 7.36. The largest absolute Gasteiger partial charge is 0.387 e. The molecular weight excluding hydrogens is 453 g/mol. The number of imidazole rings is 1. The molecule has 1 saturated carbocycles. The van der Waals surface area contributed by atoms with Crippen molar-refractivity contribution in [3.05, 3.63) is 48.5 Å². The molecule has 1 saturated heterocycles. The van der Waals surface area contributed by atoms with Crippen molar-refractivity contribution in [1.29, 1.82) is 0 Å². The number of rotatable bonds is 7. The van der Waals surface area contributed by atoms with Crippen molar-refractivity contribution in [2.24, 2.45) is 0 Å². The van der Waals surface area contributed by atoms with Gasteiger partial charge >= 0.3 is 7.60 Å². The smallest absolute Gasteiger partial charge is 0.356 e. The van der Waals surface area contributed by atoms with E-state index in [1.54, 1.807) is 0 Å².